The number of halogens is 5. The van der Waals surface area contributed by atoms with Crippen LogP contribution in [0.3, 0.4) is 0 Å². The molecule has 1 aromatic carbocycles. The summed E-state index contributed by atoms with van der Waals surface area (Å²) in [4.78, 5) is 17.5. The van der Waals surface area contributed by atoms with Crippen molar-refractivity contribution >= 4 is 35.7 Å². The van der Waals surface area contributed by atoms with Crippen LogP contribution >= 0.6 is 24.8 Å². The Labute approximate surface area is 175 Å². The second-order valence-corrected chi connectivity index (χ2v) is 7.77. The molecule has 0 aliphatic carbocycles. The van der Waals surface area contributed by atoms with Crippen molar-refractivity contribution in [1.82, 2.24) is 14.9 Å². The monoisotopic (exact) mass is 441 g/mol. The maximum atomic E-state index is 13.0. The molecular formula is C19H28Cl2F3N3O. The van der Waals surface area contributed by atoms with Crippen molar-refractivity contribution in [2.75, 3.05) is 13.6 Å². The van der Waals surface area contributed by atoms with E-state index in [0.717, 1.165) is 31.5 Å². The third-order valence-electron chi connectivity index (χ3n) is 4.07. The predicted molar refractivity (Wildman–Crippen MR) is 112 cm³/mol. The Morgan fingerprint density at radius 3 is 2.29 bits per heavy atom. The van der Waals surface area contributed by atoms with E-state index in [1.807, 2.05) is 27.8 Å². The molecule has 0 aliphatic heterocycles. The average Bonchev–Trinajstić information content (AvgIpc) is 2.52. The second-order valence-electron chi connectivity index (χ2n) is 7.77. The number of hydrogen-bond donors (Lipinski definition) is 1. The molecule has 0 atom stereocenters. The molecule has 0 saturated heterocycles. The van der Waals surface area contributed by atoms with Crippen molar-refractivity contribution < 1.29 is 13.2 Å². The number of aromatic nitrogens is 2. The molecular weight excluding hydrogens is 414 g/mol. The third-order valence-corrected chi connectivity index (χ3v) is 4.07. The van der Waals surface area contributed by atoms with Crippen LogP contribution in [0.2, 0.25) is 0 Å². The van der Waals surface area contributed by atoms with Crippen molar-refractivity contribution in [1.29, 1.82) is 0 Å². The first-order chi connectivity index (χ1) is 12.0. The van der Waals surface area contributed by atoms with E-state index in [2.05, 4.69) is 10.3 Å². The maximum absolute atomic E-state index is 13.0. The van der Waals surface area contributed by atoms with E-state index in [0.29, 0.717) is 24.3 Å². The molecule has 2 aromatic rings. The fraction of sp³-hybridized carbons (Fsp3) is 0.579. The average molecular weight is 442 g/mol. The first-order valence-corrected chi connectivity index (χ1v) is 8.78. The van der Waals surface area contributed by atoms with E-state index in [4.69, 9.17) is 0 Å². The summed E-state index contributed by atoms with van der Waals surface area (Å²) >= 11 is 0. The molecule has 0 bridgehead atoms. The standard InChI is InChI=1S/C19H26F3N3O.2ClH/c1-18(2,3)12-25-16(7-5-6-10-23-4)24-15-9-8-13(19(20,21)22)11-14(15)17(25)26;;/h8-9,11,23H,5-7,10,12H2,1-4H3;2*1H. The van der Waals surface area contributed by atoms with E-state index < -0.39 is 17.3 Å². The smallest absolute Gasteiger partial charge is 0.320 e. The van der Waals surface area contributed by atoms with E-state index in [1.54, 1.807) is 4.57 Å². The summed E-state index contributed by atoms with van der Waals surface area (Å²) < 4.78 is 40.6. The fourth-order valence-corrected chi connectivity index (χ4v) is 2.86. The Morgan fingerprint density at radius 2 is 1.75 bits per heavy atom. The van der Waals surface area contributed by atoms with Crippen LogP contribution in [-0.4, -0.2) is 23.1 Å². The zero-order valence-electron chi connectivity index (χ0n) is 16.5. The molecule has 28 heavy (non-hydrogen) atoms. The van der Waals surface area contributed by atoms with Gasteiger partial charge in [-0.25, -0.2) is 4.98 Å². The summed E-state index contributed by atoms with van der Waals surface area (Å²) in [6.45, 7) is 7.24. The topological polar surface area (TPSA) is 46.9 Å². The largest absolute Gasteiger partial charge is 0.416 e. The number of rotatable bonds is 6. The number of alkyl halides is 3. The van der Waals surface area contributed by atoms with E-state index in [9.17, 15) is 18.0 Å². The van der Waals surface area contributed by atoms with E-state index >= 15 is 0 Å². The van der Waals surface area contributed by atoms with Gasteiger partial charge in [0.25, 0.3) is 5.56 Å². The Morgan fingerprint density at radius 1 is 1.11 bits per heavy atom. The van der Waals surface area contributed by atoms with Gasteiger partial charge in [-0.2, -0.15) is 13.2 Å². The highest BCUT2D eigenvalue weighted by atomic mass is 35.5. The van der Waals surface area contributed by atoms with Crippen LogP contribution in [0.1, 0.15) is 45.0 Å². The third kappa shape index (κ3) is 6.94. The first kappa shape index (κ1) is 26.7. The zero-order valence-corrected chi connectivity index (χ0v) is 18.2. The molecule has 0 radical (unpaired) electrons. The highest BCUT2D eigenvalue weighted by Crippen LogP contribution is 2.30. The molecule has 0 aliphatic rings. The number of nitrogens with zero attached hydrogens (tertiary/aromatic N) is 2. The van der Waals surface area contributed by atoms with Gasteiger partial charge in [0.15, 0.2) is 0 Å². The first-order valence-electron chi connectivity index (χ1n) is 8.78. The maximum Gasteiger partial charge on any atom is 0.416 e. The van der Waals surface area contributed by atoms with Crippen molar-refractivity contribution in [3.05, 3.63) is 39.9 Å². The summed E-state index contributed by atoms with van der Waals surface area (Å²) in [6.07, 6.45) is -2.08. The zero-order chi connectivity index (χ0) is 19.5. The molecule has 0 spiro atoms. The Bertz CT molecular complexity index is 830. The molecule has 0 saturated carbocycles. The lowest BCUT2D eigenvalue weighted by molar-refractivity contribution is -0.137. The van der Waals surface area contributed by atoms with Crippen LogP contribution in [0.4, 0.5) is 13.2 Å². The molecule has 1 aromatic heterocycles. The summed E-state index contributed by atoms with van der Waals surface area (Å²) in [5, 5.41) is 3.09. The van der Waals surface area contributed by atoms with Gasteiger partial charge in [0.05, 0.1) is 16.5 Å². The molecule has 1 heterocycles. The number of aryl methyl sites for hydroxylation is 1. The molecule has 4 nitrogen and oxygen atoms in total. The quantitative estimate of drug-likeness (QED) is 0.651. The van der Waals surface area contributed by atoms with Crippen LogP contribution < -0.4 is 10.9 Å². The van der Waals surface area contributed by atoms with Crippen molar-refractivity contribution in [3.63, 3.8) is 0 Å². The lowest BCUT2D eigenvalue weighted by atomic mass is 9.96. The van der Waals surface area contributed by atoms with Crippen LogP contribution in [0.5, 0.6) is 0 Å². The number of fused-ring (bicyclic) bond motifs is 1. The number of nitrogens with one attached hydrogen (secondary N) is 1. The summed E-state index contributed by atoms with van der Waals surface area (Å²) in [5.41, 5.74) is -1.11. The van der Waals surface area contributed by atoms with Gasteiger partial charge in [-0.05, 0) is 50.0 Å². The molecule has 0 amide bonds. The molecule has 0 fully saturated rings. The van der Waals surface area contributed by atoms with Gasteiger partial charge in [0, 0.05) is 13.0 Å². The van der Waals surface area contributed by atoms with Crippen molar-refractivity contribution in [2.45, 2.75) is 52.8 Å². The van der Waals surface area contributed by atoms with Crippen molar-refractivity contribution in [3.8, 4) is 0 Å². The minimum atomic E-state index is -4.48. The highest BCUT2D eigenvalue weighted by Gasteiger charge is 2.31. The van der Waals surface area contributed by atoms with Crippen LogP contribution in [0.25, 0.3) is 10.9 Å². The lowest BCUT2D eigenvalue weighted by Crippen LogP contribution is -2.31. The van der Waals surface area contributed by atoms with Crippen LogP contribution in [0, 0.1) is 5.41 Å². The molecule has 2 rings (SSSR count). The fourth-order valence-electron chi connectivity index (χ4n) is 2.86. The van der Waals surface area contributed by atoms with Gasteiger partial charge in [-0.3, -0.25) is 9.36 Å². The van der Waals surface area contributed by atoms with Crippen LogP contribution in [0.15, 0.2) is 23.0 Å². The van der Waals surface area contributed by atoms with Gasteiger partial charge in [0.2, 0.25) is 0 Å². The normalized spacial score (nSPS) is 11.8. The molecule has 1 N–H and O–H groups in total. The summed E-state index contributed by atoms with van der Waals surface area (Å²) in [6, 6.07) is 3.18. The summed E-state index contributed by atoms with van der Waals surface area (Å²) in [5.74, 6) is 0.633. The molecule has 0 unspecified atom stereocenters. The van der Waals surface area contributed by atoms with Gasteiger partial charge >= 0.3 is 6.18 Å². The SMILES string of the molecule is CNCCCCc1nc2ccc(C(F)(F)F)cc2c(=O)n1CC(C)(C)C.Cl.Cl. The molecule has 9 heteroatoms. The second kappa shape index (κ2) is 10.5. The lowest BCUT2D eigenvalue weighted by Gasteiger charge is -2.22. The Kier molecular flexibility index (Phi) is 9.97. The Hall–Kier alpha value is -1.31. The van der Waals surface area contributed by atoms with Gasteiger partial charge in [-0.1, -0.05) is 20.8 Å². The van der Waals surface area contributed by atoms with Gasteiger partial charge < -0.3 is 5.32 Å². The van der Waals surface area contributed by atoms with E-state index in [-0.39, 0.29) is 35.6 Å². The Balaban J connectivity index is 0.00000364. The highest BCUT2D eigenvalue weighted by molar-refractivity contribution is 5.85. The van der Waals surface area contributed by atoms with Gasteiger partial charge in [-0.15, -0.1) is 24.8 Å². The van der Waals surface area contributed by atoms with Crippen molar-refractivity contribution in [2.24, 2.45) is 5.41 Å². The van der Waals surface area contributed by atoms with Crippen LogP contribution in [-0.2, 0) is 19.1 Å². The summed E-state index contributed by atoms with van der Waals surface area (Å²) in [7, 11) is 1.88. The molecule has 160 valence electrons. The minimum absolute atomic E-state index is 0. The van der Waals surface area contributed by atoms with E-state index in [1.165, 1.54) is 6.07 Å². The number of unbranched alkanes of at least 4 members (excludes halogenated alkanes) is 1. The predicted octanol–water partition coefficient (Wildman–Crippen LogP) is 4.85. The minimum Gasteiger partial charge on any atom is -0.320 e. The number of benzene rings is 1. The van der Waals surface area contributed by atoms with Gasteiger partial charge in [0.1, 0.15) is 5.82 Å². The number of hydrogen-bond acceptors (Lipinski definition) is 3.